The van der Waals surface area contributed by atoms with E-state index in [1.807, 2.05) is 0 Å². The smallest absolute Gasteiger partial charge is 0.154 e. The van der Waals surface area contributed by atoms with E-state index in [2.05, 4.69) is 21.5 Å². The molecule has 11 heavy (non-hydrogen) atoms. The first-order valence-electron chi connectivity index (χ1n) is 2.96. The highest BCUT2D eigenvalue weighted by Crippen LogP contribution is 1.88. The molecular formula is C4H12N2O4S. The SMILES string of the molecule is NOCCS(=O)(=O)CCON. The number of rotatable bonds is 6. The second kappa shape index (κ2) is 5.44. The number of sulfone groups is 1. The molecule has 4 N–H and O–H groups in total. The highest BCUT2D eigenvalue weighted by molar-refractivity contribution is 7.91. The molecule has 0 fully saturated rings. The second-order valence-electron chi connectivity index (χ2n) is 1.89. The molecule has 0 aromatic heterocycles. The minimum absolute atomic E-state index is 0.00704. The predicted molar refractivity (Wildman–Crippen MR) is 38.9 cm³/mol. The van der Waals surface area contributed by atoms with Crippen LogP contribution in [0, 0.1) is 0 Å². The van der Waals surface area contributed by atoms with Gasteiger partial charge in [-0.1, -0.05) is 0 Å². The van der Waals surface area contributed by atoms with Gasteiger partial charge in [0.2, 0.25) is 0 Å². The van der Waals surface area contributed by atoms with Crippen molar-refractivity contribution in [2.45, 2.75) is 0 Å². The Kier molecular flexibility index (Phi) is 5.34. The summed E-state index contributed by atoms with van der Waals surface area (Å²) in [5.41, 5.74) is 0. The van der Waals surface area contributed by atoms with Gasteiger partial charge in [-0.15, -0.1) is 0 Å². The largest absolute Gasteiger partial charge is 0.304 e. The topological polar surface area (TPSA) is 105 Å². The summed E-state index contributed by atoms with van der Waals surface area (Å²) < 4.78 is 21.8. The zero-order valence-corrected chi connectivity index (χ0v) is 6.84. The van der Waals surface area contributed by atoms with E-state index in [1.54, 1.807) is 0 Å². The lowest BCUT2D eigenvalue weighted by molar-refractivity contribution is 0.149. The summed E-state index contributed by atoms with van der Waals surface area (Å²) in [6, 6.07) is 0. The van der Waals surface area contributed by atoms with Gasteiger partial charge >= 0.3 is 0 Å². The first-order valence-corrected chi connectivity index (χ1v) is 4.78. The summed E-state index contributed by atoms with van der Waals surface area (Å²) >= 11 is 0. The number of hydrogen-bond acceptors (Lipinski definition) is 6. The summed E-state index contributed by atoms with van der Waals surface area (Å²) in [4.78, 5) is 8.21. The fourth-order valence-electron chi connectivity index (χ4n) is 0.452. The van der Waals surface area contributed by atoms with E-state index in [0.717, 1.165) is 0 Å². The first-order chi connectivity index (χ1) is 5.12. The van der Waals surface area contributed by atoms with Gasteiger partial charge in [0, 0.05) is 0 Å². The molecule has 0 unspecified atom stereocenters. The standard InChI is InChI=1S/C4H12N2O4S/c5-9-1-3-11(7,8)4-2-10-6/h1-6H2. The molecular weight excluding hydrogens is 172 g/mol. The van der Waals surface area contributed by atoms with Crippen LogP contribution < -0.4 is 11.8 Å². The maximum absolute atomic E-state index is 10.9. The molecule has 0 aromatic carbocycles. The van der Waals surface area contributed by atoms with Gasteiger partial charge in [-0.05, 0) is 0 Å². The summed E-state index contributed by atoms with van der Waals surface area (Å²) in [6.45, 7) is -0.0141. The van der Waals surface area contributed by atoms with E-state index in [4.69, 9.17) is 0 Å². The molecule has 0 saturated carbocycles. The Bertz CT molecular complexity index is 165. The summed E-state index contributed by atoms with van der Waals surface area (Å²) in [6.07, 6.45) is 0. The molecule has 0 aromatic rings. The van der Waals surface area contributed by atoms with Crippen LogP contribution in [0.5, 0.6) is 0 Å². The maximum atomic E-state index is 10.9. The molecule has 0 heterocycles. The zero-order chi connectivity index (χ0) is 8.74. The van der Waals surface area contributed by atoms with Crippen molar-refractivity contribution in [1.82, 2.24) is 0 Å². The Labute approximate surface area is 65.3 Å². The van der Waals surface area contributed by atoms with Gasteiger partial charge in [-0.3, -0.25) is 0 Å². The van der Waals surface area contributed by atoms with Crippen LogP contribution in [0.4, 0.5) is 0 Å². The molecule has 0 radical (unpaired) electrons. The summed E-state index contributed by atoms with van der Waals surface area (Å²) in [5.74, 6) is 9.08. The van der Waals surface area contributed by atoms with Crippen LogP contribution >= 0.6 is 0 Å². The maximum Gasteiger partial charge on any atom is 0.154 e. The van der Waals surface area contributed by atoms with Gasteiger partial charge in [0.15, 0.2) is 9.84 Å². The first kappa shape index (κ1) is 10.8. The molecule has 6 nitrogen and oxygen atoms in total. The minimum atomic E-state index is -3.12. The lowest BCUT2D eigenvalue weighted by atomic mass is 10.9. The minimum Gasteiger partial charge on any atom is -0.304 e. The van der Waals surface area contributed by atoms with Gasteiger partial charge in [-0.2, -0.15) is 0 Å². The monoisotopic (exact) mass is 184 g/mol. The summed E-state index contributed by atoms with van der Waals surface area (Å²) in [5, 5.41) is 0. The third-order valence-corrected chi connectivity index (χ3v) is 2.60. The summed E-state index contributed by atoms with van der Waals surface area (Å²) in [7, 11) is -3.12. The van der Waals surface area contributed by atoms with E-state index in [0.29, 0.717) is 0 Å². The highest BCUT2D eigenvalue weighted by Gasteiger charge is 2.09. The van der Waals surface area contributed by atoms with Crippen molar-refractivity contribution in [3.05, 3.63) is 0 Å². The Morgan fingerprint density at radius 3 is 1.64 bits per heavy atom. The molecule has 0 amide bonds. The average molecular weight is 184 g/mol. The third kappa shape index (κ3) is 6.20. The van der Waals surface area contributed by atoms with Crippen molar-refractivity contribution >= 4 is 9.84 Å². The van der Waals surface area contributed by atoms with Crippen LogP contribution in [0.1, 0.15) is 0 Å². The van der Waals surface area contributed by atoms with E-state index in [1.165, 1.54) is 0 Å². The molecule has 7 heteroatoms. The van der Waals surface area contributed by atoms with Crippen molar-refractivity contribution in [3.63, 3.8) is 0 Å². The second-order valence-corrected chi connectivity index (χ2v) is 4.20. The predicted octanol–water partition coefficient (Wildman–Crippen LogP) is -1.82. The molecule has 0 rings (SSSR count). The van der Waals surface area contributed by atoms with Crippen LogP contribution in [-0.4, -0.2) is 33.1 Å². The Morgan fingerprint density at radius 1 is 1.00 bits per heavy atom. The third-order valence-electron chi connectivity index (χ3n) is 1.02. The molecule has 0 aliphatic rings. The molecule has 68 valence electrons. The zero-order valence-electron chi connectivity index (χ0n) is 6.02. The Balaban J connectivity index is 3.63. The lowest BCUT2D eigenvalue weighted by Crippen LogP contribution is -2.21. The van der Waals surface area contributed by atoms with Crippen LogP contribution in [-0.2, 0) is 19.5 Å². The van der Waals surface area contributed by atoms with Crippen molar-refractivity contribution < 1.29 is 18.1 Å². The molecule has 0 aliphatic carbocycles. The lowest BCUT2D eigenvalue weighted by Gasteiger charge is -2.00. The van der Waals surface area contributed by atoms with Crippen LogP contribution in [0.15, 0.2) is 0 Å². The number of nitrogens with two attached hydrogens (primary N) is 2. The fraction of sp³-hybridized carbons (Fsp3) is 1.00. The molecule has 0 spiro atoms. The molecule has 0 bridgehead atoms. The average Bonchev–Trinajstić information content (AvgIpc) is 1.97. The van der Waals surface area contributed by atoms with Crippen LogP contribution in [0.2, 0.25) is 0 Å². The Hall–Kier alpha value is -0.210. The quantitative estimate of drug-likeness (QED) is 0.471. The fourth-order valence-corrected chi connectivity index (χ4v) is 1.36. The van der Waals surface area contributed by atoms with Crippen molar-refractivity contribution in [3.8, 4) is 0 Å². The van der Waals surface area contributed by atoms with E-state index in [9.17, 15) is 8.42 Å². The highest BCUT2D eigenvalue weighted by atomic mass is 32.2. The van der Waals surface area contributed by atoms with E-state index < -0.39 is 9.84 Å². The van der Waals surface area contributed by atoms with Crippen molar-refractivity contribution in [2.75, 3.05) is 24.7 Å². The van der Waals surface area contributed by atoms with Gasteiger partial charge in [0.05, 0.1) is 24.7 Å². The van der Waals surface area contributed by atoms with Crippen LogP contribution in [0.3, 0.4) is 0 Å². The van der Waals surface area contributed by atoms with E-state index >= 15 is 0 Å². The van der Waals surface area contributed by atoms with Gasteiger partial charge in [0.1, 0.15) is 0 Å². The molecule has 0 aliphatic heterocycles. The van der Waals surface area contributed by atoms with Gasteiger partial charge < -0.3 is 9.68 Å². The van der Waals surface area contributed by atoms with Gasteiger partial charge in [0.25, 0.3) is 0 Å². The van der Waals surface area contributed by atoms with E-state index in [-0.39, 0.29) is 24.7 Å². The normalized spacial score (nSPS) is 11.8. The molecule has 0 saturated heterocycles. The van der Waals surface area contributed by atoms with Gasteiger partial charge in [-0.25, -0.2) is 20.2 Å². The Morgan fingerprint density at radius 2 is 1.36 bits per heavy atom. The van der Waals surface area contributed by atoms with Crippen molar-refractivity contribution in [1.29, 1.82) is 0 Å². The van der Waals surface area contributed by atoms with Crippen molar-refractivity contribution in [2.24, 2.45) is 11.8 Å². The number of hydrogen-bond donors (Lipinski definition) is 2. The van der Waals surface area contributed by atoms with Crippen LogP contribution in [0.25, 0.3) is 0 Å². The molecule has 0 atom stereocenters.